The molecule has 5 rings (SSSR count). The van der Waals surface area contributed by atoms with Crippen LogP contribution in [0.2, 0.25) is 5.02 Å². The van der Waals surface area contributed by atoms with Crippen LogP contribution in [0.25, 0.3) is 38.1 Å². The molecular formula is C20H12ClN. The number of pyridine rings is 1. The molecule has 0 aliphatic heterocycles. The van der Waals surface area contributed by atoms with Gasteiger partial charge in [0, 0.05) is 21.2 Å². The number of aromatic nitrogens is 1. The van der Waals surface area contributed by atoms with Gasteiger partial charge in [-0.2, -0.15) is 0 Å². The second-order valence-electron chi connectivity index (χ2n) is 5.63. The average Bonchev–Trinajstić information content (AvgIpc) is 2.95. The molecule has 0 fully saturated rings. The zero-order valence-corrected chi connectivity index (χ0v) is 12.5. The van der Waals surface area contributed by atoms with Crippen molar-refractivity contribution in [2.75, 3.05) is 0 Å². The highest BCUT2D eigenvalue weighted by Crippen LogP contribution is 2.34. The Morgan fingerprint density at radius 1 is 0.591 bits per heavy atom. The third kappa shape index (κ3) is 1.49. The highest BCUT2D eigenvalue weighted by atomic mass is 35.5. The number of halogens is 1. The summed E-state index contributed by atoms with van der Waals surface area (Å²) in [6, 6.07) is 25.5. The Balaban J connectivity index is 2.23. The fraction of sp³-hybridized carbons (Fsp3) is 0. The van der Waals surface area contributed by atoms with Gasteiger partial charge in [0.15, 0.2) is 0 Å². The smallest absolute Gasteiger partial charge is 0.0547 e. The van der Waals surface area contributed by atoms with Crippen molar-refractivity contribution < 1.29 is 0 Å². The molecule has 0 unspecified atom stereocenters. The number of nitrogens with zero attached hydrogens (tertiary/aromatic N) is 1. The van der Waals surface area contributed by atoms with Gasteiger partial charge in [0.1, 0.15) is 0 Å². The Hall–Kier alpha value is -2.51. The van der Waals surface area contributed by atoms with Crippen molar-refractivity contribution in [1.29, 1.82) is 0 Å². The van der Waals surface area contributed by atoms with Gasteiger partial charge in [0.2, 0.25) is 0 Å². The summed E-state index contributed by atoms with van der Waals surface area (Å²) >= 11 is 6.25. The number of hydrogen-bond donors (Lipinski definition) is 0. The Bertz CT molecular complexity index is 1180. The lowest BCUT2D eigenvalue weighted by Crippen LogP contribution is -1.90. The first kappa shape index (κ1) is 12.1. The molecule has 3 aromatic carbocycles. The van der Waals surface area contributed by atoms with Crippen LogP contribution in [0.4, 0.5) is 0 Å². The highest BCUT2D eigenvalue weighted by Gasteiger charge is 2.11. The van der Waals surface area contributed by atoms with Gasteiger partial charge < -0.3 is 4.40 Å². The van der Waals surface area contributed by atoms with E-state index in [9.17, 15) is 0 Å². The molecule has 2 aromatic heterocycles. The topological polar surface area (TPSA) is 4.41 Å². The average molecular weight is 302 g/mol. The van der Waals surface area contributed by atoms with E-state index >= 15 is 0 Å². The maximum absolute atomic E-state index is 6.25. The molecule has 0 radical (unpaired) electrons. The molecule has 0 N–H and O–H groups in total. The number of hydrogen-bond acceptors (Lipinski definition) is 0. The number of rotatable bonds is 0. The summed E-state index contributed by atoms with van der Waals surface area (Å²) in [5.74, 6) is 0. The van der Waals surface area contributed by atoms with Crippen LogP contribution >= 0.6 is 11.6 Å². The summed E-state index contributed by atoms with van der Waals surface area (Å²) in [7, 11) is 0. The summed E-state index contributed by atoms with van der Waals surface area (Å²) in [5, 5.41) is 5.73. The van der Waals surface area contributed by atoms with E-state index in [0.29, 0.717) is 0 Å². The highest BCUT2D eigenvalue weighted by molar-refractivity contribution is 6.32. The lowest BCUT2D eigenvalue weighted by atomic mass is 10.1. The van der Waals surface area contributed by atoms with E-state index in [0.717, 1.165) is 5.02 Å². The van der Waals surface area contributed by atoms with Gasteiger partial charge in [0.05, 0.1) is 16.6 Å². The normalized spacial score (nSPS) is 11.9. The quantitative estimate of drug-likeness (QED) is 0.307. The van der Waals surface area contributed by atoms with E-state index in [4.69, 9.17) is 11.6 Å². The Kier molecular flexibility index (Phi) is 2.33. The molecule has 0 spiro atoms. The molecule has 1 nitrogen and oxygen atoms in total. The first-order valence-electron chi connectivity index (χ1n) is 7.33. The second-order valence-corrected chi connectivity index (χ2v) is 6.07. The predicted octanol–water partition coefficient (Wildman–Crippen LogP) is 6.05. The van der Waals surface area contributed by atoms with Gasteiger partial charge in [-0.05, 0) is 35.7 Å². The van der Waals surface area contributed by atoms with E-state index in [1.807, 2.05) is 6.07 Å². The summed E-state index contributed by atoms with van der Waals surface area (Å²) in [5.41, 5.74) is 3.67. The number of fused-ring (bicyclic) bond motifs is 8. The van der Waals surface area contributed by atoms with Crippen LogP contribution in [-0.4, -0.2) is 4.40 Å². The van der Waals surface area contributed by atoms with Crippen LogP contribution in [0.5, 0.6) is 0 Å². The predicted molar refractivity (Wildman–Crippen MR) is 94.9 cm³/mol. The van der Waals surface area contributed by atoms with Gasteiger partial charge in [-0.15, -0.1) is 0 Å². The standard InChI is InChI=1S/C20H12ClN/c21-14-9-10-19-17(12-14)15-6-2-3-7-16(15)20-11-13-5-1-4-8-18(13)22(19)20/h1-12H. The van der Waals surface area contributed by atoms with E-state index in [1.54, 1.807) is 0 Å². The van der Waals surface area contributed by atoms with Crippen LogP contribution in [0.3, 0.4) is 0 Å². The first-order valence-corrected chi connectivity index (χ1v) is 7.71. The molecule has 22 heavy (non-hydrogen) atoms. The molecule has 0 amide bonds. The molecule has 0 saturated heterocycles. The van der Waals surface area contributed by atoms with Gasteiger partial charge in [-0.25, -0.2) is 0 Å². The minimum atomic E-state index is 0.772. The monoisotopic (exact) mass is 301 g/mol. The van der Waals surface area contributed by atoms with Crippen molar-refractivity contribution in [3.05, 3.63) is 77.8 Å². The third-order valence-corrected chi connectivity index (χ3v) is 4.64. The van der Waals surface area contributed by atoms with Crippen LogP contribution in [0, 0.1) is 0 Å². The van der Waals surface area contributed by atoms with Gasteiger partial charge >= 0.3 is 0 Å². The molecule has 0 atom stereocenters. The molecule has 104 valence electrons. The fourth-order valence-corrected chi connectivity index (χ4v) is 3.64. The second kappa shape index (κ2) is 4.25. The fourth-order valence-electron chi connectivity index (χ4n) is 3.47. The molecule has 0 saturated carbocycles. The van der Waals surface area contributed by atoms with Crippen molar-refractivity contribution in [2.45, 2.75) is 0 Å². The number of benzene rings is 3. The molecule has 2 heterocycles. The third-order valence-electron chi connectivity index (χ3n) is 4.40. The molecule has 2 heteroatoms. The lowest BCUT2D eigenvalue weighted by molar-refractivity contribution is 1.35. The van der Waals surface area contributed by atoms with Crippen molar-refractivity contribution in [3.63, 3.8) is 0 Å². The van der Waals surface area contributed by atoms with Crippen molar-refractivity contribution in [2.24, 2.45) is 0 Å². The Morgan fingerprint density at radius 2 is 1.36 bits per heavy atom. The minimum absolute atomic E-state index is 0.772. The van der Waals surface area contributed by atoms with Crippen LogP contribution < -0.4 is 0 Å². The maximum Gasteiger partial charge on any atom is 0.0547 e. The molecular weight excluding hydrogens is 290 g/mol. The van der Waals surface area contributed by atoms with Crippen molar-refractivity contribution >= 4 is 49.7 Å². The summed E-state index contributed by atoms with van der Waals surface area (Å²) in [6.07, 6.45) is 0. The van der Waals surface area contributed by atoms with E-state index in [1.165, 1.54) is 38.1 Å². The van der Waals surface area contributed by atoms with E-state index in [-0.39, 0.29) is 0 Å². The van der Waals surface area contributed by atoms with Crippen molar-refractivity contribution in [1.82, 2.24) is 4.40 Å². The van der Waals surface area contributed by atoms with E-state index in [2.05, 4.69) is 71.1 Å². The molecule has 0 aliphatic carbocycles. The number of para-hydroxylation sites is 1. The summed E-state index contributed by atoms with van der Waals surface area (Å²) in [6.45, 7) is 0. The molecule has 5 aromatic rings. The van der Waals surface area contributed by atoms with Crippen LogP contribution in [-0.2, 0) is 0 Å². The molecule has 0 aliphatic rings. The Labute approximate surface area is 132 Å². The summed E-state index contributed by atoms with van der Waals surface area (Å²) < 4.78 is 2.34. The van der Waals surface area contributed by atoms with Gasteiger partial charge in [-0.1, -0.05) is 54.1 Å². The zero-order chi connectivity index (χ0) is 14.7. The maximum atomic E-state index is 6.25. The zero-order valence-electron chi connectivity index (χ0n) is 11.8. The summed E-state index contributed by atoms with van der Waals surface area (Å²) in [4.78, 5) is 0. The van der Waals surface area contributed by atoms with Crippen LogP contribution in [0.15, 0.2) is 72.8 Å². The van der Waals surface area contributed by atoms with Gasteiger partial charge in [0.25, 0.3) is 0 Å². The first-order chi connectivity index (χ1) is 10.8. The van der Waals surface area contributed by atoms with Crippen LogP contribution in [0.1, 0.15) is 0 Å². The Morgan fingerprint density at radius 3 is 2.27 bits per heavy atom. The lowest BCUT2D eigenvalue weighted by Gasteiger charge is -2.10. The van der Waals surface area contributed by atoms with E-state index < -0.39 is 0 Å². The van der Waals surface area contributed by atoms with Gasteiger partial charge in [-0.3, -0.25) is 0 Å². The largest absolute Gasteiger partial charge is 0.309 e. The SMILES string of the molecule is Clc1ccc2c(c1)c1ccccc1c1cc3ccccc3n21. The minimum Gasteiger partial charge on any atom is -0.309 e. The van der Waals surface area contributed by atoms with Crippen molar-refractivity contribution in [3.8, 4) is 0 Å². The molecule has 0 bridgehead atoms.